The van der Waals surface area contributed by atoms with E-state index in [0.29, 0.717) is 5.69 Å². The van der Waals surface area contributed by atoms with Crippen molar-refractivity contribution in [3.63, 3.8) is 0 Å². The van der Waals surface area contributed by atoms with Gasteiger partial charge in [-0.1, -0.05) is 34.1 Å². The lowest BCUT2D eigenvalue weighted by molar-refractivity contribution is 0.0736. The van der Waals surface area contributed by atoms with Crippen molar-refractivity contribution in [1.29, 1.82) is 0 Å². The molecule has 0 spiro atoms. The van der Waals surface area contributed by atoms with Gasteiger partial charge in [0.15, 0.2) is 0 Å². The lowest BCUT2D eigenvalue weighted by Crippen LogP contribution is -2.30. The summed E-state index contributed by atoms with van der Waals surface area (Å²) < 4.78 is 2.77. The molecular formula is C14H16BrN3O. The third-order valence-corrected chi connectivity index (χ3v) is 3.90. The first kappa shape index (κ1) is 13.8. The smallest absolute Gasteiger partial charge is 0.274 e. The van der Waals surface area contributed by atoms with Gasteiger partial charge in [-0.25, -0.2) is 4.98 Å². The molecule has 0 aliphatic heterocycles. The second-order valence-corrected chi connectivity index (χ2v) is 5.39. The molecule has 1 atom stereocenters. The highest BCUT2D eigenvalue weighted by Gasteiger charge is 2.21. The maximum atomic E-state index is 12.3. The van der Waals surface area contributed by atoms with E-state index >= 15 is 0 Å². The lowest BCUT2D eigenvalue weighted by Gasteiger charge is -2.25. The molecule has 0 saturated heterocycles. The molecule has 0 unspecified atom stereocenters. The van der Waals surface area contributed by atoms with E-state index in [1.54, 1.807) is 29.0 Å². The molecule has 0 bridgehead atoms. The summed E-state index contributed by atoms with van der Waals surface area (Å²) in [7, 11) is 3.64. The minimum Gasteiger partial charge on any atom is -0.340 e. The van der Waals surface area contributed by atoms with Gasteiger partial charge in [0.1, 0.15) is 5.69 Å². The Hall–Kier alpha value is -1.62. The summed E-state index contributed by atoms with van der Waals surface area (Å²) in [6.07, 6.45) is 3.36. The number of carbonyl (C=O) groups excluding carboxylic acids is 1. The molecule has 0 fully saturated rings. The minimum atomic E-state index is -0.0798. The number of hydrogen-bond acceptors (Lipinski definition) is 2. The molecule has 0 aliphatic carbocycles. The average Bonchev–Trinajstić information content (AvgIpc) is 2.83. The van der Waals surface area contributed by atoms with Crippen molar-refractivity contribution in [2.24, 2.45) is 7.05 Å². The number of aromatic nitrogens is 2. The SMILES string of the molecule is C[C@H](c1ccccc1Br)N(C)C(=O)c1cn(C)cn1. The summed E-state index contributed by atoms with van der Waals surface area (Å²) in [5.41, 5.74) is 1.54. The van der Waals surface area contributed by atoms with E-state index in [2.05, 4.69) is 20.9 Å². The van der Waals surface area contributed by atoms with Crippen molar-refractivity contribution in [3.8, 4) is 0 Å². The van der Waals surface area contributed by atoms with Gasteiger partial charge in [-0.05, 0) is 18.6 Å². The number of hydrogen-bond donors (Lipinski definition) is 0. The number of benzene rings is 1. The van der Waals surface area contributed by atoms with Crippen LogP contribution in [0.3, 0.4) is 0 Å². The number of aryl methyl sites for hydroxylation is 1. The van der Waals surface area contributed by atoms with Crippen molar-refractivity contribution in [3.05, 3.63) is 52.5 Å². The van der Waals surface area contributed by atoms with Gasteiger partial charge in [0.05, 0.1) is 12.4 Å². The highest BCUT2D eigenvalue weighted by molar-refractivity contribution is 9.10. The molecule has 1 heterocycles. The number of nitrogens with zero attached hydrogens (tertiary/aromatic N) is 3. The van der Waals surface area contributed by atoms with Gasteiger partial charge in [-0.3, -0.25) is 4.79 Å². The number of rotatable bonds is 3. The minimum absolute atomic E-state index is 0.0231. The highest BCUT2D eigenvalue weighted by atomic mass is 79.9. The second kappa shape index (κ2) is 5.57. The van der Waals surface area contributed by atoms with E-state index in [9.17, 15) is 4.79 Å². The predicted molar refractivity (Wildman–Crippen MR) is 77.9 cm³/mol. The molecular weight excluding hydrogens is 306 g/mol. The second-order valence-electron chi connectivity index (χ2n) is 4.54. The largest absolute Gasteiger partial charge is 0.340 e. The van der Waals surface area contributed by atoms with Gasteiger partial charge in [0.25, 0.3) is 5.91 Å². The zero-order valence-electron chi connectivity index (χ0n) is 11.2. The third-order valence-electron chi connectivity index (χ3n) is 3.18. The number of amides is 1. The van der Waals surface area contributed by atoms with Crippen molar-refractivity contribution >= 4 is 21.8 Å². The van der Waals surface area contributed by atoms with Crippen LogP contribution in [-0.2, 0) is 7.05 Å². The molecule has 0 N–H and O–H groups in total. The molecule has 1 aromatic carbocycles. The van der Waals surface area contributed by atoms with Crippen LogP contribution >= 0.6 is 15.9 Å². The predicted octanol–water partition coefficient (Wildman–Crippen LogP) is 3.02. The van der Waals surface area contributed by atoms with Crippen LogP contribution in [0.1, 0.15) is 29.0 Å². The van der Waals surface area contributed by atoms with E-state index < -0.39 is 0 Å². The standard InChI is InChI=1S/C14H16BrN3O/c1-10(11-6-4-5-7-12(11)15)18(3)14(19)13-8-17(2)9-16-13/h4-10H,1-3H3/t10-/m1/s1. The monoisotopic (exact) mass is 321 g/mol. The zero-order valence-corrected chi connectivity index (χ0v) is 12.8. The molecule has 0 aliphatic rings. The Balaban J connectivity index is 2.22. The van der Waals surface area contributed by atoms with Crippen LogP contribution in [0.4, 0.5) is 0 Å². The molecule has 2 rings (SSSR count). The van der Waals surface area contributed by atoms with Crippen molar-refractivity contribution in [2.75, 3.05) is 7.05 Å². The normalized spacial score (nSPS) is 12.2. The van der Waals surface area contributed by atoms with Gasteiger partial charge in [-0.2, -0.15) is 0 Å². The summed E-state index contributed by atoms with van der Waals surface area (Å²) in [5.74, 6) is -0.0798. The highest BCUT2D eigenvalue weighted by Crippen LogP contribution is 2.27. The van der Waals surface area contributed by atoms with Crippen LogP contribution in [0.25, 0.3) is 0 Å². The van der Waals surface area contributed by atoms with Crippen LogP contribution in [0, 0.1) is 0 Å². The first-order valence-corrected chi connectivity index (χ1v) is 6.79. The third kappa shape index (κ3) is 2.87. The molecule has 0 radical (unpaired) electrons. The van der Waals surface area contributed by atoms with Crippen LogP contribution in [0.2, 0.25) is 0 Å². The van der Waals surface area contributed by atoms with E-state index in [1.165, 1.54) is 0 Å². The zero-order chi connectivity index (χ0) is 14.0. The van der Waals surface area contributed by atoms with Gasteiger partial charge < -0.3 is 9.47 Å². The summed E-state index contributed by atoms with van der Waals surface area (Å²) in [6, 6.07) is 7.89. The van der Waals surface area contributed by atoms with E-state index in [0.717, 1.165) is 10.0 Å². The fourth-order valence-electron chi connectivity index (χ4n) is 1.90. The van der Waals surface area contributed by atoms with Crippen LogP contribution in [0.15, 0.2) is 41.3 Å². The lowest BCUT2D eigenvalue weighted by atomic mass is 10.1. The first-order valence-electron chi connectivity index (χ1n) is 6.00. The quantitative estimate of drug-likeness (QED) is 0.871. The average molecular weight is 322 g/mol. The number of halogens is 1. The number of carbonyl (C=O) groups is 1. The molecule has 100 valence electrons. The Morgan fingerprint density at radius 3 is 2.68 bits per heavy atom. The van der Waals surface area contributed by atoms with Gasteiger partial charge in [-0.15, -0.1) is 0 Å². The Labute approximate surface area is 121 Å². The van der Waals surface area contributed by atoms with E-state index in [4.69, 9.17) is 0 Å². The number of imidazole rings is 1. The fraction of sp³-hybridized carbons (Fsp3) is 0.286. The summed E-state index contributed by atoms with van der Waals surface area (Å²) in [5, 5.41) is 0. The first-order chi connectivity index (χ1) is 9.00. The molecule has 0 saturated carbocycles. The Bertz CT molecular complexity index is 594. The molecule has 19 heavy (non-hydrogen) atoms. The summed E-state index contributed by atoms with van der Waals surface area (Å²) in [4.78, 5) is 18.1. The van der Waals surface area contributed by atoms with Crippen LogP contribution < -0.4 is 0 Å². The molecule has 2 aromatic rings. The van der Waals surface area contributed by atoms with Crippen LogP contribution in [0.5, 0.6) is 0 Å². The van der Waals surface area contributed by atoms with Crippen molar-refractivity contribution in [2.45, 2.75) is 13.0 Å². The maximum absolute atomic E-state index is 12.3. The fourth-order valence-corrected chi connectivity index (χ4v) is 2.52. The van der Waals surface area contributed by atoms with Gasteiger partial charge in [0.2, 0.25) is 0 Å². The molecule has 5 heteroatoms. The summed E-state index contributed by atoms with van der Waals surface area (Å²) in [6.45, 7) is 2.00. The van der Waals surface area contributed by atoms with E-state index in [-0.39, 0.29) is 11.9 Å². The molecule has 1 amide bonds. The Morgan fingerprint density at radius 2 is 2.11 bits per heavy atom. The van der Waals surface area contributed by atoms with Gasteiger partial charge in [0, 0.05) is 24.8 Å². The van der Waals surface area contributed by atoms with Gasteiger partial charge >= 0.3 is 0 Å². The maximum Gasteiger partial charge on any atom is 0.274 e. The molecule has 1 aromatic heterocycles. The van der Waals surface area contributed by atoms with Crippen molar-refractivity contribution < 1.29 is 4.79 Å². The Morgan fingerprint density at radius 1 is 1.42 bits per heavy atom. The van der Waals surface area contributed by atoms with E-state index in [1.807, 2.05) is 38.2 Å². The summed E-state index contributed by atoms with van der Waals surface area (Å²) >= 11 is 3.52. The Kier molecular flexibility index (Phi) is 4.04. The van der Waals surface area contributed by atoms with Crippen LogP contribution in [-0.4, -0.2) is 27.4 Å². The van der Waals surface area contributed by atoms with Crippen molar-refractivity contribution in [1.82, 2.24) is 14.5 Å². The molecule has 4 nitrogen and oxygen atoms in total. The topological polar surface area (TPSA) is 38.1 Å².